The summed E-state index contributed by atoms with van der Waals surface area (Å²) in [6.07, 6.45) is 0.799. The van der Waals surface area contributed by atoms with Gasteiger partial charge in [-0.15, -0.1) is 0 Å². The van der Waals surface area contributed by atoms with E-state index in [-0.39, 0.29) is 10.4 Å². The number of benzene rings is 1. The molecule has 0 aliphatic carbocycles. The van der Waals surface area contributed by atoms with Crippen molar-refractivity contribution in [3.63, 3.8) is 0 Å². The first-order valence-electron chi connectivity index (χ1n) is 6.58. The van der Waals surface area contributed by atoms with Crippen LogP contribution in [0.1, 0.15) is 23.7 Å². The van der Waals surface area contributed by atoms with Crippen molar-refractivity contribution in [3.05, 3.63) is 33.8 Å². The van der Waals surface area contributed by atoms with Crippen molar-refractivity contribution in [2.24, 2.45) is 17.6 Å². The van der Waals surface area contributed by atoms with Crippen molar-refractivity contribution in [1.29, 1.82) is 0 Å². The summed E-state index contributed by atoms with van der Waals surface area (Å²) in [6, 6.07) is 2.20. The molecule has 1 fully saturated rings. The van der Waals surface area contributed by atoms with Crippen molar-refractivity contribution in [2.75, 3.05) is 19.6 Å². The topological polar surface area (TPSA) is 46.3 Å². The number of carbonyl (C=O) groups is 1. The number of hydrogen-bond donors (Lipinski definition) is 1. The van der Waals surface area contributed by atoms with Crippen LogP contribution in [0, 0.1) is 23.5 Å². The summed E-state index contributed by atoms with van der Waals surface area (Å²) in [6.45, 7) is 3.51. The zero-order chi connectivity index (χ0) is 14.9. The summed E-state index contributed by atoms with van der Waals surface area (Å²) in [7, 11) is 0. The third kappa shape index (κ3) is 3.01. The summed E-state index contributed by atoms with van der Waals surface area (Å²) < 4.78 is 27.9. The molecule has 0 saturated carbocycles. The molecule has 1 aromatic carbocycles. The SMILES string of the molecule is CC1CCN(C(=O)c2c(F)cc(Br)cc2F)CC1CN. The average Bonchev–Trinajstić information content (AvgIpc) is 2.37. The van der Waals surface area contributed by atoms with Gasteiger partial charge in [0.1, 0.15) is 17.2 Å². The predicted molar refractivity (Wildman–Crippen MR) is 76.3 cm³/mol. The van der Waals surface area contributed by atoms with Gasteiger partial charge in [0.15, 0.2) is 0 Å². The molecule has 2 rings (SSSR count). The molecule has 1 heterocycles. The molecule has 0 aromatic heterocycles. The zero-order valence-electron chi connectivity index (χ0n) is 11.2. The maximum Gasteiger partial charge on any atom is 0.259 e. The number of hydrogen-bond acceptors (Lipinski definition) is 2. The van der Waals surface area contributed by atoms with E-state index in [2.05, 4.69) is 22.9 Å². The lowest BCUT2D eigenvalue weighted by Crippen LogP contribution is -2.45. The second kappa shape index (κ2) is 6.18. The monoisotopic (exact) mass is 346 g/mol. The summed E-state index contributed by atoms with van der Waals surface area (Å²) in [5, 5.41) is 0. The summed E-state index contributed by atoms with van der Waals surface area (Å²) in [5.74, 6) is -1.69. The highest BCUT2D eigenvalue weighted by atomic mass is 79.9. The number of nitrogens with zero attached hydrogens (tertiary/aromatic N) is 1. The Kier molecular flexibility index (Phi) is 4.75. The van der Waals surface area contributed by atoms with Crippen molar-refractivity contribution in [1.82, 2.24) is 4.90 Å². The van der Waals surface area contributed by atoms with Gasteiger partial charge in [0.25, 0.3) is 5.91 Å². The lowest BCUT2D eigenvalue weighted by atomic mass is 9.87. The van der Waals surface area contributed by atoms with Crippen LogP contribution < -0.4 is 5.73 Å². The fraction of sp³-hybridized carbons (Fsp3) is 0.500. The first kappa shape index (κ1) is 15.4. The van der Waals surface area contributed by atoms with Crippen LogP contribution in [0.3, 0.4) is 0 Å². The zero-order valence-corrected chi connectivity index (χ0v) is 12.8. The molecule has 1 amide bonds. The molecule has 0 spiro atoms. The molecule has 1 aromatic rings. The molecule has 6 heteroatoms. The minimum atomic E-state index is -0.843. The number of amides is 1. The molecule has 2 N–H and O–H groups in total. The molecular formula is C14H17BrF2N2O. The first-order chi connectivity index (χ1) is 9.43. The van der Waals surface area contributed by atoms with Crippen LogP contribution in [0.2, 0.25) is 0 Å². The van der Waals surface area contributed by atoms with E-state index < -0.39 is 23.1 Å². The molecule has 20 heavy (non-hydrogen) atoms. The van der Waals surface area contributed by atoms with E-state index in [1.54, 1.807) is 0 Å². The molecule has 110 valence electrons. The Labute approximate surface area is 125 Å². The number of rotatable bonds is 2. The van der Waals surface area contributed by atoms with E-state index in [9.17, 15) is 13.6 Å². The average molecular weight is 347 g/mol. The van der Waals surface area contributed by atoms with Gasteiger partial charge < -0.3 is 10.6 Å². The van der Waals surface area contributed by atoms with Crippen LogP contribution in [0.15, 0.2) is 16.6 Å². The van der Waals surface area contributed by atoms with Gasteiger partial charge in [0.2, 0.25) is 0 Å². The summed E-state index contributed by atoms with van der Waals surface area (Å²) in [5.41, 5.74) is 5.19. The fourth-order valence-electron chi connectivity index (χ4n) is 2.55. The van der Waals surface area contributed by atoms with E-state index >= 15 is 0 Å². The smallest absolute Gasteiger partial charge is 0.259 e. The third-order valence-corrected chi connectivity index (χ3v) is 4.38. The highest BCUT2D eigenvalue weighted by molar-refractivity contribution is 9.10. The molecule has 1 aliphatic rings. The Hall–Kier alpha value is -1.01. The van der Waals surface area contributed by atoms with E-state index in [4.69, 9.17) is 5.73 Å². The Morgan fingerprint density at radius 3 is 2.60 bits per heavy atom. The summed E-state index contributed by atoms with van der Waals surface area (Å²) in [4.78, 5) is 13.8. The van der Waals surface area contributed by atoms with Crippen molar-refractivity contribution in [3.8, 4) is 0 Å². The van der Waals surface area contributed by atoms with Crippen LogP contribution in [-0.2, 0) is 0 Å². The highest BCUT2D eigenvalue weighted by Crippen LogP contribution is 2.26. The second-order valence-corrected chi connectivity index (χ2v) is 6.17. The Morgan fingerprint density at radius 2 is 2.05 bits per heavy atom. The van der Waals surface area contributed by atoms with E-state index in [0.29, 0.717) is 25.6 Å². The number of piperidine rings is 1. The highest BCUT2D eigenvalue weighted by Gasteiger charge is 2.31. The van der Waals surface area contributed by atoms with Crippen LogP contribution in [-0.4, -0.2) is 30.4 Å². The van der Waals surface area contributed by atoms with Crippen molar-refractivity contribution < 1.29 is 13.6 Å². The van der Waals surface area contributed by atoms with E-state index in [1.807, 2.05) is 0 Å². The van der Waals surface area contributed by atoms with Crippen LogP contribution in [0.25, 0.3) is 0 Å². The van der Waals surface area contributed by atoms with Gasteiger partial charge in [0.05, 0.1) is 0 Å². The number of likely N-dealkylation sites (tertiary alicyclic amines) is 1. The van der Waals surface area contributed by atoms with E-state index in [1.165, 1.54) is 4.90 Å². The largest absolute Gasteiger partial charge is 0.338 e. The van der Waals surface area contributed by atoms with Crippen LogP contribution in [0.5, 0.6) is 0 Å². The molecule has 0 radical (unpaired) electrons. The summed E-state index contributed by atoms with van der Waals surface area (Å²) >= 11 is 3.00. The molecule has 0 bridgehead atoms. The molecular weight excluding hydrogens is 330 g/mol. The molecule has 2 atom stereocenters. The van der Waals surface area contributed by atoms with Crippen molar-refractivity contribution in [2.45, 2.75) is 13.3 Å². The Balaban J connectivity index is 2.24. The maximum absolute atomic E-state index is 13.8. The fourth-order valence-corrected chi connectivity index (χ4v) is 2.95. The van der Waals surface area contributed by atoms with Gasteiger partial charge in [-0.25, -0.2) is 8.78 Å². The molecule has 2 unspecified atom stereocenters. The number of nitrogens with two attached hydrogens (primary N) is 1. The van der Waals surface area contributed by atoms with Crippen LogP contribution >= 0.6 is 15.9 Å². The maximum atomic E-state index is 13.8. The molecule has 1 aliphatic heterocycles. The standard InChI is InChI=1S/C14H17BrF2N2O/c1-8-2-3-19(7-9(8)6-18)14(20)13-11(16)4-10(15)5-12(13)17/h4-5,8-9H,2-3,6-7,18H2,1H3. The van der Waals surface area contributed by atoms with E-state index in [0.717, 1.165) is 18.6 Å². The van der Waals surface area contributed by atoms with Crippen molar-refractivity contribution >= 4 is 21.8 Å². The normalized spacial score (nSPS) is 22.9. The second-order valence-electron chi connectivity index (χ2n) is 5.26. The minimum Gasteiger partial charge on any atom is -0.338 e. The molecule has 1 saturated heterocycles. The lowest BCUT2D eigenvalue weighted by Gasteiger charge is -2.36. The van der Waals surface area contributed by atoms with Gasteiger partial charge in [-0.2, -0.15) is 0 Å². The van der Waals surface area contributed by atoms with Gasteiger partial charge in [-0.3, -0.25) is 4.79 Å². The van der Waals surface area contributed by atoms with Gasteiger partial charge in [0, 0.05) is 17.6 Å². The minimum absolute atomic E-state index is 0.175. The number of carbonyl (C=O) groups excluding carboxylic acids is 1. The third-order valence-electron chi connectivity index (χ3n) is 3.92. The number of halogens is 3. The van der Waals surface area contributed by atoms with Crippen LogP contribution in [0.4, 0.5) is 8.78 Å². The van der Waals surface area contributed by atoms with Gasteiger partial charge >= 0.3 is 0 Å². The Morgan fingerprint density at radius 1 is 1.45 bits per heavy atom. The van der Waals surface area contributed by atoms with Gasteiger partial charge in [-0.1, -0.05) is 22.9 Å². The first-order valence-corrected chi connectivity index (χ1v) is 7.37. The predicted octanol–water partition coefficient (Wildman–Crippen LogP) is 2.78. The molecule has 3 nitrogen and oxygen atoms in total. The Bertz CT molecular complexity index is 501. The van der Waals surface area contributed by atoms with Gasteiger partial charge in [-0.05, 0) is 36.9 Å². The quantitative estimate of drug-likeness (QED) is 0.894. The lowest BCUT2D eigenvalue weighted by molar-refractivity contribution is 0.0609.